The number of rotatable bonds is 4. The molecule has 0 atom stereocenters. The van der Waals surface area contributed by atoms with E-state index in [4.69, 9.17) is 11.6 Å². The smallest absolute Gasteiger partial charge is 0.275 e. The molecular weight excluding hydrogens is 300 g/mol. The Hall–Kier alpha value is -1.95. The van der Waals surface area contributed by atoms with Crippen molar-refractivity contribution in [2.75, 3.05) is 5.32 Å². The van der Waals surface area contributed by atoms with Crippen molar-refractivity contribution in [2.24, 2.45) is 7.05 Å². The van der Waals surface area contributed by atoms with Gasteiger partial charge in [0.1, 0.15) is 17.3 Å². The molecule has 1 N–H and O–H groups in total. The average molecular weight is 314 g/mol. The standard InChI is InChI=1S/C14H14ClF2N3O/c1-3-4-11-12(15)13(20(2)19-11)14(21)18-10-6-8(16)5-9(17)7-10/h5-7H,3-4H2,1-2H3,(H,18,21). The minimum Gasteiger partial charge on any atom is -0.320 e. The normalized spacial score (nSPS) is 10.7. The monoisotopic (exact) mass is 313 g/mol. The number of amides is 1. The predicted molar refractivity (Wildman–Crippen MR) is 76.5 cm³/mol. The molecule has 0 unspecified atom stereocenters. The van der Waals surface area contributed by atoms with E-state index in [9.17, 15) is 13.6 Å². The predicted octanol–water partition coefficient (Wildman–Crippen LogP) is 3.56. The fourth-order valence-electron chi connectivity index (χ4n) is 2.01. The van der Waals surface area contributed by atoms with Crippen LogP contribution < -0.4 is 5.32 Å². The van der Waals surface area contributed by atoms with Crippen LogP contribution in [0.1, 0.15) is 29.5 Å². The zero-order chi connectivity index (χ0) is 15.6. The van der Waals surface area contributed by atoms with Crippen molar-refractivity contribution >= 4 is 23.2 Å². The summed E-state index contributed by atoms with van der Waals surface area (Å²) in [6, 6.07) is 2.78. The van der Waals surface area contributed by atoms with Crippen molar-refractivity contribution in [1.82, 2.24) is 9.78 Å². The van der Waals surface area contributed by atoms with E-state index in [2.05, 4.69) is 10.4 Å². The quantitative estimate of drug-likeness (QED) is 0.938. The maximum Gasteiger partial charge on any atom is 0.275 e. The number of carbonyl (C=O) groups excluding carboxylic acids is 1. The molecule has 2 rings (SSSR count). The van der Waals surface area contributed by atoms with Gasteiger partial charge in [0.05, 0.1) is 10.7 Å². The number of hydrogen-bond acceptors (Lipinski definition) is 2. The minimum atomic E-state index is -0.770. The molecule has 0 bridgehead atoms. The Morgan fingerprint density at radius 2 is 1.95 bits per heavy atom. The summed E-state index contributed by atoms with van der Waals surface area (Å²) < 4.78 is 27.6. The third-order valence-corrected chi connectivity index (χ3v) is 3.28. The molecule has 0 aliphatic rings. The second-order valence-electron chi connectivity index (χ2n) is 4.60. The van der Waals surface area contributed by atoms with E-state index in [1.165, 1.54) is 4.68 Å². The highest BCUT2D eigenvalue weighted by atomic mass is 35.5. The third kappa shape index (κ3) is 3.39. The van der Waals surface area contributed by atoms with Gasteiger partial charge in [-0.1, -0.05) is 24.9 Å². The number of anilines is 1. The Kier molecular flexibility index (Phi) is 4.57. The van der Waals surface area contributed by atoms with E-state index >= 15 is 0 Å². The number of hydrogen-bond donors (Lipinski definition) is 1. The van der Waals surface area contributed by atoms with Gasteiger partial charge in [-0.2, -0.15) is 5.10 Å². The van der Waals surface area contributed by atoms with Gasteiger partial charge >= 0.3 is 0 Å². The van der Waals surface area contributed by atoms with Crippen molar-refractivity contribution in [2.45, 2.75) is 19.8 Å². The summed E-state index contributed by atoms with van der Waals surface area (Å²) in [5.74, 6) is -2.11. The van der Waals surface area contributed by atoms with Crippen LogP contribution >= 0.6 is 11.6 Å². The molecule has 1 heterocycles. The lowest BCUT2D eigenvalue weighted by Crippen LogP contribution is -2.16. The van der Waals surface area contributed by atoms with Crippen molar-refractivity contribution in [3.8, 4) is 0 Å². The number of nitrogens with zero attached hydrogens (tertiary/aromatic N) is 2. The first-order chi connectivity index (χ1) is 9.92. The zero-order valence-electron chi connectivity index (χ0n) is 11.6. The average Bonchev–Trinajstić information content (AvgIpc) is 2.63. The summed E-state index contributed by atoms with van der Waals surface area (Å²) in [6.07, 6.45) is 1.49. The lowest BCUT2D eigenvalue weighted by Gasteiger charge is -2.06. The second kappa shape index (κ2) is 6.22. The lowest BCUT2D eigenvalue weighted by atomic mass is 10.2. The zero-order valence-corrected chi connectivity index (χ0v) is 12.3. The Labute approximate surface area is 125 Å². The van der Waals surface area contributed by atoms with Crippen LogP contribution in [0.15, 0.2) is 18.2 Å². The van der Waals surface area contributed by atoms with Crippen molar-refractivity contribution in [1.29, 1.82) is 0 Å². The summed E-state index contributed by atoms with van der Waals surface area (Å²) in [4.78, 5) is 12.2. The molecule has 1 aromatic heterocycles. The lowest BCUT2D eigenvalue weighted by molar-refractivity contribution is 0.101. The SMILES string of the molecule is CCCc1nn(C)c(C(=O)Nc2cc(F)cc(F)c2)c1Cl. The number of aryl methyl sites for hydroxylation is 2. The Bertz CT molecular complexity index is 665. The molecule has 4 nitrogen and oxygen atoms in total. The highest BCUT2D eigenvalue weighted by molar-refractivity contribution is 6.34. The summed E-state index contributed by atoms with van der Waals surface area (Å²) >= 11 is 6.14. The summed E-state index contributed by atoms with van der Waals surface area (Å²) in [5.41, 5.74) is 0.800. The Morgan fingerprint density at radius 3 is 2.52 bits per heavy atom. The molecule has 1 aromatic carbocycles. The summed E-state index contributed by atoms with van der Waals surface area (Å²) in [7, 11) is 1.59. The number of halogens is 3. The second-order valence-corrected chi connectivity index (χ2v) is 4.97. The van der Waals surface area contributed by atoms with Gasteiger partial charge in [-0.3, -0.25) is 9.48 Å². The highest BCUT2D eigenvalue weighted by Crippen LogP contribution is 2.23. The van der Waals surface area contributed by atoms with E-state index in [-0.39, 0.29) is 16.4 Å². The van der Waals surface area contributed by atoms with Gasteiger partial charge in [-0.05, 0) is 18.6 Å². The molecule has 0 saturated heterocycles. The topological polar surface area (TPSA) is 46.9 Å². The van der Waals surface area contributed by atoms with Crippen molar-refractivity contribution in [3.05, 3.63) is 46.2 Å². The highest BCUT2D eigenvalue weighted by Gasteiger charge is 2.20. The van der Waals surface area contributed by atoms with Gasteiger partial charge in [0, 0.05) is 18.8 Å². The van der Waals surface area contributed by atoms with E-state index in [1.54, 1.807) is 7.05 Å². The molecule has 2 aromatic rings. The summed E-state index contributed by atoms with van der Waals surface area (Å²) in [6.45, 7) is 1.97. The number of benzene rings is 1. The Morgan fingerprint density at radius 1 is 1.33 bits per heavy atom. The first-order valence-electron chi connectivity index (χ1n) is 6.41. The number of nitrogens with one attached hydrogen (secondary N) is 1. The molecule has 0 spiro atoms. The maximum absolute atomic E-state index is 13.1. The van der Waals surface area contributed by atoms with Crippen LogP contribution in [0.2, 0.25) is 5.02 Å². The minimum absolute atomic E-state index is 0.0202. The number of carbonyl (C=O) groups is 1. The van der Waals surface area contributed by atoms with Gasteiger partial charge in [0.15, 0.2) is 0 Å². The van der Waals surface area contributed by atoms with Crippen molar-refractivity contribution < 1.29 is 13.6 Å². The van der Waals surface area contributed by atoms with E-state index < -0.39 is 17.5 Å². The van der Waals surface area contributed by atoms with Crippen LogP contribution in [0, 0.1) is 11.6 Å². The molecule has 7 heteroatoms. The van der Waals surface area contributed by atoms with Gasteiger partial charge < -0.3 is 5.32 Å². The molecule has 112 valence electrons. The van der Waals surface area contributed by atoms with E-state index in [0.29, 0.717) is 12.1 Å². The fourth-order valence-corrected chi connectivity index (χ4v) is 2.35. The molecule has 0 radical (unpaired) electrons. The summed E-state index contributed by atoms with van der Waals surface area (Å²) in [5, 5.41) is 6.84. The molecule has 0 aliphatic heterocycles. The third-order valence-electron chi connectivity index (χ3n) is 2.88. The first-order valence-corrected chi connectivity index (χ1v) is 6.79. The molecule has 1 amide bonds. The van der Waals surface area contributed by atoms with E-state index in [0.717, 1.165) is 24.6 Å². The number of aromatic nitrogens is 2. The van der Waals surface area contributed by atoms with Crippen LogP contribution in [0.25, 0.3) is 0 Å². The van der Waals surface area contributed by atoms with Crippen molar-refractivity contribution in [3.63, 3.8) is 0 Å². The van der Waals surface area contributed by atoms with Crippen LogP contribution in [0.5, 0.6) is 0 Å². The molecular formula is C14H14ClF2N3O. The van der Waals surface area contributed by atoms with E-state index in [1.807, 2.05) is 6.92 Å². The fraction of sp³-hybridized carbons (Fsp3) is 0.286. The van der Waals surface area contributed by atoms with Gasteiger partial charge in [0.25, 0.3) is 5.91 Å². The van der Waals surface area contributed by atoms with Gasteiger partial charge in [-0.15, -0.1) is 0 Å². The maximum atomic E-state index is 13.1. The molecule has 0 saturated carbocycles. The van der Waals surface area contributed by atoms with Gasteiger partial charge in [-0.25, -0.2) is 8.78 Å². The van der Waals surface area contributed by atoms with Crippen LogP contribution in [-0.2, 0) is 13.5 Å². The largest absolute Gasteiger partial charge is 0.320 e. The first kappa shape index (κ1) is 15.4. The van der Waals surface area contributed by atoms with Crippen LogP contribution in [0.4, 0.5) is 14.5 Å². The molecule has 0 fully saturated rings. The Balaban J connectivity index is 2.28. The van der Waals surface area contributed by atoms with Crippen LogP contribution in [-0.4, -0.2) is 15.7 Å². The molecule has 0 aliphatic carbocycles. The molecule has 21 heavy (non-hydrogen) atoms. The van der Waals surface area contributed by atoms with Gasteiger partial charge in [0.2, 0.25) is 0 Å². The van der Waals surface area contributed by atoms with Crippen LogP contribution in [0.3, 0.4) is 0 Å².